The first-order valence-corrected chi connectivity index (χ1v) is 9.63. The molecule has 27 heavy (non-hydrogen) atoms. The Labute approximate surface area is 161 Å². The molecule has 0 aliphatic carbocycles. The van der Waals surface area contributed by atoms with Crippen molar-refractivity contribution < 1.29 is 0 Å². The average molecular weight is 358 g/mol. The number of nitrogens with zero attached hydrogens (tertiary/aromatic N) is 4. The van der Waals surface area contributed by atoms with Crippen LogP contribution in [0.25, 0.3) is 0 Å². The summed E-state index contributed by atoms with van der Waals surface area (Å²) in [6.45, 7) is 9.48. The topological polar surface area (TPSA) is 32.3 Å². The number of fused-ring (bicyclic) bond motifs is 1. The van der Waals surface area contributed by atoms with Gasteiger partial charge >= 0.3 is 0 Å². The van der Waals surface area contributed by atoms with Gasteiger partial charge in [-0.25, -0.2) is 9.97 Å². The van der Waals surface area contributed by atoms with Crippen molar-refractivity contribution in [3.8, 4) is 0 Å². The molecule has 2 aromatic carbocycles. The maximum Gasteiger partial charge on any atom is 0.178 e. The number of hydrogen-bond donors (Lipinski definition) is 0. The van der Waals surface area contributed by atoms with Crippen molar-refractivity contribution >= 4 is 23.0 Å². The molecule has 3 aromatic rings. The Morgan fingerprint density at radius 3 is 1.33 bits per heavy atom. The van der Waals surface area contributed by atoms with Crippen LogP contribution < -0.4 is 9.80 Å². The summed E-state index contributed by atoms with van der Waals surface area (Å²) in [4.78, 5) is 14.8. The second kappa shape index (κ2) is 7.03. The third kappa shape index (κ3) is 3.16. The van der Waals surface area contributed by atoms with E-state index in [-0.39, 0.29) is 0 Å². The predicted molar refractivity (Wildman–Crippen MR) is 112 cm³/mol. The molecule has 0 atom stereocenters. The van der Waals surface area contributed by atoms with E-state index in [4.69, 9.17) is 9.97 Å². The molecule has 1 aliphatic heterocycles. The number of benzene rings is 2. The van der Waals surface area contributed by atoms with Crippen molar-refractivity contribution in [3.05, 3.63) is 72.1 Å². The van der Waals surface area contributed by atoms with Gasteiger partial charge in [0.1, 0.15) is 6.67 Å². The largest absolute Gasteiger partial charge is 0.305 e. The number of anilines is 4. The zero-order valence-corrected chi connectivity index (χ0v) is 16.4. The number of aromatic nitrogens is 2. The monoisotopic (exact) mass is 358 g/mol. The van der Waals surface area contributed by atoms with Gasteiger partial charge < -0.3 is 9.80 Å². The van der Waals surface area contributed by atoms with E-state index in [0.717, 1.165) is 34.4 Å². The minimum Gasteiger partial charge on any atom is -0.305 e. The van der Waals surface area contributed by atoms with Crippen LogP contribution in [0.3, 0.4) is 0 Å². The van der Waals surface area contributed by atoms with E-state index in [1.807, 2.05) is 12.1 Å². The summed E-state index contributed by atoms with van der Waals surface area (Å²) >= 11 is 0. The summed E-state index contributed by atoms with van der Waals surface area (Å²) in [7, 11) is 0. The van der Waals surface area contributed by atoms with Crippen LogP contribution in [0.1, 0.15) is 50.9 Å². The lowest BCUT2D eigenvalue weighted by atomic mass is 10.0. The van der Waals surface area contributed by atoms with Gasteiger partial charge in [0.25, 0.3) is 0 Å². The second-order valence-corrected chi connectivity index (χ2v) is 7.62. The van der Waals surface area contributed by atoms with Crippen LogP contribution in [0, 0.1) is 0 Å². The van der Waals surface area contributed by atoms with Gasteiger partial charge in [-0.1, -0.05) is 64.1 Å². The molecule has 4 nitrogen and oxygen atoms in total. The van der Waals surface area contributed by atoms with E-state index >= 15 is 0 Å². The van der Waals surface area contributed by atoms with Crippen molar-refractivity contribution in [3.63, 3.8) is 0 Å². The van der Waals surface area contributed by atoms with Crippen molar-refractivity contribution in [1.82, 2.24) is 9.97 Å². The third-order valence-corrected chi connectivity index (χ3v) is 4.94. The standard InChI is InChI=1S/C23H26N4/c1-16(2)20-21(17(3)4)25-23-22(24-20)26(18-11-7-5-8-12-18)15-27(23)19-13-9-6-10-14-19/h5-14,16-17H,15H2,1-4H3. The molecule has 0 amide bonds. The Bertz CT molecular complexity index is 843. The first-order chi connectivity index (χ1) is 13.1. The third-order valence-electron chi connectivity index (χ3n) is 4.94. The fourth-order valence-corrected chi connectivity index (χ4v) is 3.55. The van der Waals surface area contributed by atoms with E-state index in [2.05, 4.69) is 86.0 Å². The van der Waals surface area contributed by atoms with Gasteiger partial charge in [0.15, 0.2) is 11.6 Å². The Morgan fingerprint density at radius 1 is 0.630 bits per heavy atom. The molecule has 2 heterocycles. The minimum absolute atomic E-state index is 0.337. The highest BCUT2D eigenvalue weighted by Crippen LogP contribution is 2.43. The summed E-state index contributed by atoms with van der Waals surface area (Å²) in [6, 6.07) is 20.9. The number of hydrogen-bond acceptors (Lipinski definition) is 4. The van der Waals surface area contributed by atoms with Crippen molar-refractivity contribution in [2.24, 2.45) is 0 Å². The number of para-hydroxylation sites is 2. The zero-order valence-electron chi connectivity index (χ0n) is 16.4. The van der Waals surface area contributed by atoms with Crippen LogP contribution in [0.4, 0.5) is 23.0 Å². The summed E-state index contributed by atoms with van der Waals surface area (Å²) < 4.78 is 0. The Balaban J connectivity index is 1.91. The van der Waals surface area contributed by atoms with Crippen molar-refractivity contribution in [1.29, 1.82) is 0 Å². The van der Waals surface area contributed by atoms with E-state index in [9.17, 15) is 0 Å². The van der Waals surface area contributed by atoms with E-state index in [1.165, 1.54) is 0 Å². The van der Waals surface area contributed by atoms with Crippen molar-refractivity contribution in [2.75, 3.05) is 16.5 Å². The zero-order chi connectivity index (χ0) is 19.0. The normalized spacial score (nSPS) is 13.6. The lowest BCUT2D eigenvalue weighted by molar-refractivity contribution is 0.729. The molecule has 138 valence electrons. The maximum absolute atomic E-state index is 5.13. The van der Waals surface area contributed by atoms with Crippen LogP contribution in [0.5, 0.6) is 0 Å². The summed E-state index contributed by atoms with van der Waals surface area (Å²) in [5, 5.41) is 0. The molecule has 0 bridgehead atoms. The van der Waals surface area contributed by atoms with E-state index in [1.54, 1.807) is 0 Å². The average Bonchev–Trinajstić information content (AvgIpc) is 3.07. The van der Waals surface area contributed by atoms with Crippen molar-refractivity contribution in [2.45, 2.75) is 39.5 Å². The van der Waals surface area contributed by atoms with Gasteiger partial charge in [0.2, 0.25) is 0 Å². The molecule has 0 fully saturated rings. The van der Waals surface area contributed by atoms with Crippen LogP contribution in [-0.2, 0) is 0 Å². The molecule has 0 saturated carbocycles. The SMILES string of the molecule is CC(C)c1nc2c(nc1C(C)C)N(c1ccccc1)CN2c1ccccc1. The van der Waals surface area contributed by atoms with Gasteiger partial charge in [-0.2, -0.15) is 0 Å². The molecule has 4 rings (SSSR count). The molecular weight excluding hydrogens is 332 g/mol. The van der Waals surface area contributed by atoms with Gasteiger partial charge in [-0.3, -0.25) is 0 Å². The first-order valence-electron chi connectivity index (χ1n) is 9.63. The molecule has 0 radical (unpaired) electrons. The van der Waals surface area contributed by atoms with Crippen LogP contribution in [-0.4, -0.2) is 16.6 Å². The van der Waals surface area contributed by atoms with Gasteiger partial charge in [-0.05, 0) is 36.1 Å². The lowest BCUT2D eigenvalue weighted by Gasteiger charge is -2.20. The highest BCUT2D eigenvalue weighted by molar-refractivity contribution is 5.82. The predicted octanol–water partition coefficient (Wildman–Crippen LogP) is 5.97. The first kappa shape index (κ1) is 17.5. The van der Waals surface area contributed by atoms with Gasteiger partial charge in [-0.15, -0.1) is 0 Å². The molecule has 0 spiro atoms. The molecule has 1 aromatic heterocycles. The van der Waals surface area contributed by atoms with Crippen LogP contribution >= 0.6 is 0 Å². The Kier molecular flexibility index (Phi) is 4.56. The van der Waals surface area contributed by atoms with Gasteiger partial charge in [0.05, 0.1) is 11.4 Å². The number of rotatable bonds is 4. The fourth-order valence-electron chi connectivity index (χ4n) is 3.55. The van der Waals surface area contributed by atoms with E-state index < -0.39 is 0 Å². The molecule has 0 unspecified atom stereocenters. The molecule has 0 saturated heterocycles. The summed E-state index contributed by atoms with van der Waals surface area (Å²) in [5.41, 5.74) is 4.47. The van der Waals surface area contributed by atoms with Gasteiger partial charge in [0, 0.05) is 11.4 Å². The van der Waals surface area contributed by atoms with Crippen LogP contribution in [0.15, 0.2) is 60.7 Å². The molecule has 4 heteroatoms. The summed E-state index contributed by atoms with van der Waals surface area (Å²) in [5.74, 6) is 2.56. The Hall–Kier alpha value is -2.88. The Morgan fingerprint density at radius 2 is 1.00 bits per heavy atom. The smallest absolute Gasteiger partial charge is 0.178 e. The molecule has 0 N–H and O–H groups in total. The quantitative estimate of drug-likeness (QED) is 0.575. The van der Waals surface area contributed by atoms with Crippen LogP contribution in [0.2, 0.25) is 0 Å². The van der Waals surface area contributed by atoms with E-state index in [0.29, 0.717) is 18.5 Å². The molecular formula is C23H26N4. The highest BCUT2D eigenvalue weighted by Gasteiger charge is 2.33. The maximum atomic E-state index is 5.13. The second-order valence-electron chi connectivity index (χ2n) is 7.62. The fraction of sp³-hybridized carbons (Fsp3) is 0.304. The minimum atomic E-state index is 0.337. The molecule has 1 aliphatic rings. The highest BCUT2D eigenvalue weighted by atomic mass is 15.4. The lowest BCUT2D eigenvalue weighted by Crippen LogP contribution is -2.24. The summed E-state index contributed by atoms with van der Waals surface area (Å²) in [6.07, 6.45) is 0.